The van der Waals surface area contributed by atoms with Gasteiger partial charge < -0.3 is 14.8 Å². The number of amides is 1. The van der Waals surface area contributed by atoms with Gasteiger partial charge in [0.2, 0.25) is 0 Å². The highest BCUT2D eigenvalue weighted by Crippen LogP contribution is 2.28. The minimum absolute atomic E-state index is 0. The Balaban J connectivity index is 0.00000192. The quantitative estimate of drug-likeness (QED) is 0.837. The highest BCUT2D eigenvalue weighted by Gasteiger charge is 2.27. The lowest BCUT2D eigenvalue weighted by Gasteiger charge is -2.32. The molecule has 2 heterocycles. The number of aromatic nitrogens is 1. The minimum Gasteiger partial charge on any atom is -0.346 e. The van der Waals surface area contributed by atoms with E-state index in [1.165, 1.54) is 19.8 Å². The van der Waals surface area contributed by atoms with Crippen molar-refractivity contribution in [2.75, 3.05) is 19.6 Å². The van der Waals surface area contributed by atoms with Crippen molar-refractivity contribution in [2.45, 2.75) is 38.6 Å². The Bertz CT molecular complexity index is 572. The monoisotopic (exact) mass is 339 g/mol. The molecule has 128 valence electrons. The number of carbonyl (C=O) groups is 2. The number of aryl methyl sites for hydroxylation is 1. The molecule has 0 atom stereocenters. The van der Waals surface area contributed by atoms with E-state index < -0.39 is 0 Å². The van der Waals surface area contributed by atoms with Gasteiger partial charge in [0.1, 0.15) is 5.69 Å². The topological polar surface area (TPSA) is 54.3 Å². The van der Waals surface area contributed by atoms with Gasteiger partial charge in [-0.1, -0.05) is 0 Å². The molecular formula is C17H26ClN3O2. The van der Waals surface area contributed by atoms with Crippen molar-refractivity contribution in [2.24, 2.45) is 13.0 Å². The van der Waals surface area contributed by atoms with Crippen LogP contribution in [-0.4, -0.2) is 46.8 Å². The Hall–Kier alpha value is -1.33. The summed E-state index contributed by atoms with van der Waals surface area (Å²) >= 11 is 0. The fourth-order valence-electron chi connectivity index (χ4n) is 3.07. The van der Waals surface area contributed by atoms with Crippen molar-refractivity contribution >= 4 is 24.1 Å². The second-order valence-electron chi connectivity index (χ2n) is 6.70. The van der Waals surface area contributed by atoms with Crippen molar-refractivity contribution in [1.29, 1.82) is 0 Å². The third-order valence-corrected chi connectivity index (χ3v) is 4.80. The lowest BCUT2D eigenvalue weighted by molar-refractivity contribution is 0.0695. The summed E-state index contributed by atoms with van der Waals surface area (Å²) in [5.41, 5.74) is 1.21. The minimum atomic E-state index is -0.00219. The van der Waals surface area contributed by atoms with Crippen molar-refractivity contribution in [1.82, 2.24) is 14.8 Å². The zero-order valence-corrected chi connectivity index (χ0v) is 14.7. The number of nitrogens with zero attached hydrogens (tertiary/aromatic N) is 2. The van der Waals surface area contributed by atoms with Crippen LogP contribution in [-0.2, 0) is 7.05 Å². The van der Waals surface area contributed by atoms with E-state index in [2.05, 4.69) is 5.32 Å². The Morgan fingerprint density at radius 2 is 1.87 bits per heavy atom. The summed E-state index contributed by atoms with van der Waals surface area (Å²) < 4.78 is 1.76. The molecule has 0 spiro atoms. The van der Waals surface area contributed by atoms with Crippen molar-refractivity contribution in [3.8, 4) is 0 Å². The number of piperidine rings is 1. The Morgan fingerprint density at radius 3 is 2.39 bits per heavy atom. The molecule has 0 radical (unpaired) electrons. The molecule has 1 aromatic heterocycles. The fourth-order valence-corrected chi connectivity index (χ4v) is 3.07. The smallest absolute Gasteiger partial charge is 0.270 e. The van der Waals surface area contributed by atoms with Gasteiger partial charge in [-0.3, -0.25) is 9.59 Å². The molecule has 5 nitrogen and oxygen atoms in total. The number of hydrogen-bond acceptors (Lipinski definition) is 3. The fraction of sp³-hybridized carbons (Fsp3) is 0.647. The van der Waals surface area contributed by atoms with E-state index in [9.17, 15) is 9.59 Å². The number of carbonyl (C=O) groups excluding carboxylic acids is 2. The number of ketones is 1. The van der Waals surface area contributed by atoms with Gasteiger partial charge in [0.25, 0.3) is 5.91 Å². The van der Waals surface area contributed by atoms with Crippen LogP contribution in [0, 0.1) is 5.92 Å². The standard InChI is InChI=1S/C17H25N3O2.ClH/c1-12(21)14-9-16(19(2)11-14)17(22)20-7-5-15(6-8-20)18-10-13-3-4-13;/h9,11,13,15,18H,3-8,10H2,1-2H3;1H. The van der Waals surface area contributed by atoms with Crippen LogP contribution in [0.5, 0.6) is 0 Å². The second kappa shape index (κ2) is 7.49. The second-order valence-corrected chi connectivity index (χ2v) is 6.70. The average Bonchev–Trinajstić information content (AvgIpc) is 3.25. The summed E-state index contributed by atoms with van der Waals surface area (Å²) in [5, 5.41) is 3.63. The van der Waals surface area contributed by atoms with E-state index in [0.29, 0.717) is 17.3 Å². The first-order chi connectivity index (χ1) is 10.5. The lowest BCUT2D eigenvalue weighted by atomic mass is 10.0. The molecule has 1 saturated heterocycles. The number of halogens is 1. The molecule has 0 bridgehead atoms. The van der Waals surface area contributed by atoms with E-state index in [1.54, 1.807) is 16.8 Å². The molecule has 0 unspecified atom stereocenters. The van der Waals surface area contributed by atoms with E-state index in [0.717, 1.165) is 38.4 Å². The maximum absolute atomic E-state index is 12.6. The van der Waals surface area contributed by atoms with Crippen LogP contribution in [0.4, 0.5) is 0 Å². The Kier molecular flexibility index (Phi) is 5.87. The van der Waals surface area contributed by atoms with Gasteiger partial charge >= 0.3 is 0 Å². The summed E-state index contributed by atoms with van der Waals surface area (Å²) in [5.74, 6) is 0.932. The zero-order chi connectivity index (χ0) is 15.7. The summed E-state index contributed by atoms with van der Waals surface area (Å²) in [6.45, 7) is 4.25. The van der Waals surface area contributed by atoms with Gasteiger partial charge in [0.05, 0.1) is 0 Å². The number of hydrogen-bond donors (Lipinski definition) is 1. The van der Waals surface area contributed by atoms with Gasteiger partial charge in [-0.15, -0.1) is 12.4 Å². The van der Waals surface area contributed by atoms with Gasteiger partial charge in [-0.05, 0) is 51.1 Å². The first kappa shape index (κ1) is 18.0. The molecule has 2 fully saturated rings. The van der Waals surface area contributed by atoms with Crippen LogP contribution in [0.25, 0.3) is 0 Å². The third-order valence-electron chi connectivity index (χ3n) is 4.80. The Morgan fingerprint density at radius 1 is 1.22 bits per heavy atom. The normalized spacial score (nSPS) is 18.6. The molecule has 23 heavy (non-hydrogen) atoms. The van der Waals surface area contributed by atoms with E-state index in [4.69, 9.17) is 0 Å². The highest BCUT2D eigenvalue weighted by atomic mass is 35.5. The molecule has 1 aromatic rings. The largest absolute Gasteiger partial charge is 0.346 e. The summed E-state index contributed by atoms with van der Waals surface area (Å²) in [4.78, 5) is 26.0. The summed E-state index contributed by atoms with van der Waals surface area (Å²) in [7, 11) is 1.82. The van der Waals surface area contributed by atoms with Crippen molar-refractivity contribution in [3.63, 3.8) is 0 Å². The first-order valence-corrected chi connectivity index (χ1v) is 8.24. The van der Waals surface area contributed by atoms with Crippen molar-refractivity contribution < 1.29 is 9.59 Å². The third kappa shape index (κ3) is 4.36. The molecule has 0 aromatic carbocycles. The maximum atomic E-state index is 12.6. The molecule has 1 aliphatic heterocycles. The predicted octanol–water partition coefficient (Wildman–Crippen LogP) is 2.25. The van der Waals surface area contributed by atoms with Gasteiger partial charge in [-0.25, -0.2) is 0 Å². The highest BCUT2D eigenvalue weighted by molar-refractivity contribution is 5.99. The van der Waals surface area contributed by atoms with Crippen LogP contribution in [0.1, 0.15) is 53.5 Å². The number of Topliss-reactive ketones (excluding diaryl/α,β-unsaturated/α-hetero) is 1. The lowest BCUT2D eigenvalue weighted by Crippen LogP contribution is -2.45. The van der Waals surface area contributed by atoms with Crippen LogP contribution in [0.3, 0.4) is 0 Å². The zero-order valence-electron chi connectivity index (χ0n) is 13.9. The van der Waals surface area contributed by atoms with Crippen LogP contribution >= 0.6 is 12.4 Å². The predicted molar refractivity (Wildman–Crippen MR) is 92.3 cm³/mol. The molecule has 6 heteroatoms. The molecule has 1 aliphatic carbocycles. The van der Waals surface area contributed by atoms with Gasteiger partial charge in [0, 0.05) is 37.9 Å². The average molecular weight is 340 g/mol. The van der Waals surface area contributed by atoms with Gasteiger partial charge in [-0.2, -0.15) is 0 Å². The number of nitrogens with one attached hydrogen (secondary N) is 1. The molecular weight excluding hydrogens is 314 g/mol. The van der Waals surface area contributed by atoms with E-state index in [1.807, 2.05) is 11.9 Å². The van der Waals surface area contributed by atoms with E-state index >= 15 is 0 Å². The van der Waals surface area contributed by atoms with E-state index in [-0.39, 0.29) is 24.1 Å². The van der Waals surface area contributed by atoms with Crippen LogP contribution in [0.15, 0.2) is 12.3 Å². The molecule has 2 aliphatic rings. The summed E-state index contributed by atoms with van der Waals surface area (Å²) in [6, 6.07) is 2.26. The molecule has 1 N–H and O–H groups in total. The molecule has 1 amide bonds. The molecule has 3 rings (SSSR count). The molecule has 1 saturated carbocycles. The Labute approximate surface area is 143 Å². The van der Waals surface area contributed by atoms with Gasteiger partial charge in [0.15, 0.2) is 5.78 Å². The number of rotatable bonds is 5. The van der Waals surface area contributed by atoms with Crippen molar-refractivity contribution in [3.05, 3.63) is 23.5 Å². The SMILES string of the molecule is CC(=O)c1cc(C(=O)N2CCC(NCC3CC3)CC2)n(C)c1.Cl. The number of likely N-dealkylation sites (tertiary alicyclic amines) is 1. The first-order valence-electron chi connectivity index (χ1n) is 8.24. The van der Waals surface area contributed by atoms with Crippen LogP contribution in [0.2, 0.25) is 0 Å². The van der Waals surface area contributed by atoms with Crippen LogP contribution < -0.4 is 5.32 Å². The maximum Gasteiger partial charge on any atom is 0.270 e. The summed E-state index contributed by atoms with van der Waals surface area (Å²) in [6.07, 6.45) is 6.51.